The highest BCUT2D eigenvalue weighted by Crippen LogP contribution is 2.25. The van der Waals surface area contributed by atoms with Crippen LogP contribution >= 0.6 is 27.5 Å². The minimum Gasteiger partial charge on any atom is -0.465 e. The summed E-state index contributed by atoms with van der Waals surface area (Å²) in [5, 5.41) is 4.45. The van der Waals surface area contributed by atoms with Crippen LogP contribution in [0.1, 0.15) is 20.8 Å². The maximum Gasteiger partial charge on any atom is 0.359 e. The Kier molecular flexibility index (Phi) is 4.64. The van der Waals surface area contributed by atoms with E-state index in [1.165, 1.54) is 25.1 Å². The summed E-state index contributed by atoms with van der Waals surface area (Å²) in [6.07, 6.45) is 1.37. The number of ether oxygens (including phenoxy) is 2. The van der Waals surface area contributed by atoms with Crippen LogP contribution in [0.3, 0.4) is 0 Å². The van der Waals surface area contributed by atoms with E-state index >= 15 is 0 Å². The third-order valence-electron chi connectivity index (χ3n) is 2.65. The molecule has 0 aliphatic heterocycles. The molecule has 110 valence electrons. The van der Waals surface area contributed by atoms with Gasteiger partial charge in [0.25, 0.3) is 0 Å². The lowest BCUT2D eigenvalue weighted by Gasteiger charge is -2.04. The average Bonchev–Trinajstić information content (AvgIpc) is 2.90. The number of carbonyl (C=O) groups excluding carboxylic acids is 2. The predicted octanol–water partition coefficient (Wildman–Crippen LogP) is 2.86. The molecule has 0 amide bonds. The van der Waals surface area contributed by atoms with E-state index in [1.807, 2.05) is 0 Å². The van der Waals surface area contributed by atoms with Gasteiger partial charge in [-0.3, -0.25) is 0 Å². The Morgan fingerprint density at radius 1 is 1.24 bits per heavy atom. The first-order valence-corrected chi connectivity index (χ1v) is 6.86. The monoisotopic (exact) mass is 372 g/mol. The second kappa shape index (κ2) is 6.28. The molecule has 21 heavy (non-hydrogen) atoms. The van der Waals surface area contributed by atoms with Gasteiger partial charge in [0.1, 0.15) is 5.56 Å². The molecule has 0 radical (unpaired) electrons. The van der Waals surface area contributed by atoms with Crippen molar-refractivity contribution in [1.82, 2.24) is 9.78 Å². The van der Waals surface area contributed by atoms with E-state index < -0.39 is 11.9 Å². The van der Waals surface area contributed by atoms with E-state index in [4.69, 9.17) is 11.6 Å². The van der Waals surface area contributed by atoms with Gasteiger partial charge in [0, 0.05) is 10.7 Å². The van der Waals surface area contributed by atoms with Gasteiger partial charge in [-0.15, -0.1) is 0 Å². The van der Waals surface area contributed by atoms with Crippen LogP contribution in [-0.4, -0.2) is 35.9 Å². The lowest BCUT2D eigenvalue weighted by Crippen LogP contribution is -2.10. The SMILES string of the molecule is COC(=O)c1cn(-c2ccc(Br)cc2Cl)nc1C(=O)OC. The highest BCUT2D eigenvalue weighted by atomic mass is 79.9. The molecular weight excluding hydrogens is 364 g/mol. The van der Waals surface area contributed by atoms with Crippen molar-refractivity contribution in [2.75, 3.05) is 14.2 Å². The molecule has 6 nitrogen and oxygen atoms in total. The van der Waals surface area contributed by atoms with Crippen LogP contribution in [0.15, 0.2) is 28.9 Å². The van der Waals surface area contributed by atoms with Crippen molar-refractivity contribution in [2.24, 2.45) is 0 Å². The molecule has 0 aliphatic carbocycles. The normalized spacial score (nSPS) is 10.3. The fourth-order valence-electron chi connectivity index (χ4n) is 1.67. The maximum absolute atomic E-state index is 11.7. The lowest BCUT2D eigenvalue weighted by molar-refractivity contribution is 0.0552. The molecule has 2 rings (SSSR count). The van der Waals surface area contributed by atoms with Crippen LogP contribution in [-0.2, 0) is 9.47 Å². The van der Waals surface area contributed by atoms with Crippen molar-refractivity contribution in [3.63, 3.8) is 0 Å². The van der Waals surface area contributed by atoms with Crippen LogP contribution in [0.2, 0.25) is 5.02 Å². The van der Waals surface area contributed by atoms with Gasteiger partial charge in [0.15, 0.2) is 5.69 Å². The lowest BCUT2D eigenvalue weighted by atomic mass is 10.2. The highest BCUT2D eigenvalue weighted by Gasteiger charge is 2.24. The molecule has 1 aromatic heterocycles. The van der Waals surface area contributed by atoms with Gasteiger partial charge < -0.3 is 9.47 Å². The summed E-state index contributed by atoms with van der Waals surface area (Å²) in [4.78, 5) is 23.4. The summed E-state index contributed by atoms with van der Waals surface area (Å²) < 4.78 is 11.4. The van der Waals surface area contributed by atoms with Crippen LogP contribution in [0.5, 0.6) is 0 Å². The van der Waals surface area contributed by atoms with E-state index in [9.17, 15) is 9.59 Å². The first kappa shape index (κ1) is 15.5. The summed E-state index contributed by atoms with van der Waals surface area (Å²) in [7, 11) is 2.42. The Bertz CT molecular complexity index is 681. The number of hydrogen-bond donors (Lipinski definition) is 0. The molecule has 8 heteroatoms. The summed E-state index contributed by atoms with van der Waals surface area (Å²) >= 11 is 9.42. The molecule has 0 saturated heterocycles. The molecule has 0 spiro atoms. The Hall–Kier alpha value is -1.86. The number of rotatable bonds is 3. The van der Waals surface area contributed by atoms with Gasteiger partial charge in [-0.2, -0.15) is 5.10 Å². The molecular formula is C13H10BrClN2O4. The molecule has 2 aromatic rings. The van der Waals surface area contributed by atoms with E-state index in [0.29, 0.717) is 10.7 Å². The van der Waals surface area contributed by atoms with Crippen LogP contribution in [0.4, 0.5) is 0 Å². The number of carbonyl (C=O) groups is 2. The Morgan fingerprint density at radius 2 is 1.90 bits per heavy atom. The largest absolute Gasteiger partial charge is 0.465 e. The maximum atomic E-state index is 11.7. The minimum atomic E-state index is -0.734. The third kappa shape index (κ3) is 3.08. The van der Waals surface area contributed by atoms with Crippen molar-refractivity contribution in [3.05, 3.63) is 45.1 Å². The van der Waals surface area contributed by atoms with Crippen molar-refractivity contribution in [2.45, 2.75) is 0 Å². The number of benzene rings is 1. The van der Waals surface area contributed by atoms with Crippen molar-refractivity contribution < 1.29 is 19.1 Å². The average molecular weight is 374 g/mol. The second-order valence-electron chi connectivity index (χ2n) is 3.91. The standard InChI is InChI=1S/C13H10BrClN2O4/c1-20-12(18)8-6-17(16-11(8)13(19)21-2)10-4-3-7(14)5-9(10)15/h3-6H,1-2H3. The second-order valence-corrected chi connectivity index (χ2v) is 5.24. The third-order valence-corrected chi connectivity index (χ3v) is 3.45. The molecule has 1 heterocycles. The molecule has 0 N–H and O–H groups in total. The quantitative estimate of drug-likeness (QED) is 0.774. The fraction of sp³-hybridized carbons (Fsp3) is 0.154. The van der Waals surface area contributed by atoms with Gasteiger partial charge in [-0.05, 0) is 18.2 Å². The number of hydrogen-bond acceptors (Lipinski definition) is 5. The topological polar surface area (TPSA) is 70.4 Å². The van der Waals surface area contributed by atoms with E-state index in [-0.39, 0.29) is 11.3 Å². The molecule has 0 bridgehead atoms. The Morgan fingerprint density at radius 3 is 2.48 bits per heavy atom. The summed E-state index contributed by atoms with van der Waals surface area (Å²) in [6, 6.07) is 5.13. The summed E-state index contributed by atoms with van der Waals surface area (Å²) in [5.41, 5.74) is 0.381. The van der Waals surface area contributed by atoms with Crippen LogP contribution < -0.4 is 0 Å². The van der Waals surface area contributed by atoms with Crippen molar-refractivity contribution in [3.8, 4) is 5.69 Å². The number of nitrogens with zero attached hydrogens (tertiary/aromatic N) is 2. The first-order chi connectivity index (χ1) is 9.97. The number of aromatic nitrogens is 2. The zero-order valence-corrected chi connectivity index (χ0v) is 13.4. The zero-order valence-electron chi connectivity index (χ0n) is 11.1. The molecule has 0 unspecified atom stereocenters. The van der Waals surface area contributed by atoms with Gasteiger partial charge in [-0.1, -0.05) is 27.5 Å². The first-order valence-electron chi connectivity index (χ1n) is 5.69. The number of esters is 2. The minimum absolute atomic E-state index is 0.00309. The van der Waals surface area contributed by atoms with E-state index in [2.05, 4.69) is 30.5 Å². The van der Waals surface area contributed by atoms with Gasteiger partial charge >= 0.3 is 11.9 Å². The number of methoxy groups -OCH3 is 2. The smallest absolute Gasteiger partial charge is 0.359 e. The van der Waals surface area contributed by atoms with E-state index in [0.717, 1.165) is 4.47 Å². The molecule has 0 saturated carbocycles. The van der Waals surface area contributed by atoms with E-state index in [1.54, 1.807) is 18.2 Å². The molecule has 0 fully saturated rings. The van der Waals surface area contributed by atoms with Gasteiger partial charge in [-0.25, -0.2) is 14.3 Å². The predicted molar refractivity (Wildman–Crippen MR) is 79.0 cm³/mol. The van der Waals surface area contributed by atoms with Gasteiger partial charge in [0.05, 0.1) is 24.9 Å². The molecule has 0 atom stereocenters. The highest BCUT2D eigenvalue weighted by molar-refractivity contribution is 9.10. The van der Waals surface area contributed by atoms with Crippen LogP contribution in [0.25, 0.3) is 5.69 Å². The van der Waals surface area contributed by atoms with Crippen molar-refractivity contribution in [1.29, 1.82) is 0 Å². The fourth-order valence-corrected chi connectivity index (χ4v) is 2.43. The molecule has 1 aromatic carbocycles. The van der Waals surface area contributed by atoms with Crippen LogP contribution in [0, 0.1) is 0 Å². The van der Waals surface area contributed by atoms with Gasteiger partial charge in [0.2, 0.25) is 0 Å². The Labute approximate surface area is 133 Å². The zero-order chi connectivity index (χ0) is 15.6. The summed E-state index contributed by atoms with van der Waals surface area (Å²) in [6.45, 7) is 0. The van der Waals surface area contributed by atoms with Crippen molar-refractivity contribution >= 4 is 39.5 Å². The summed E-state index contributed by atoms with van der Waals surface area (Å²) in [5.74, 6) is -1.42. The number of halogens is 2. The Balaban J connectivity index is 2.58. The molecule has 0 aliphatic rings.